The molecule has 0 spiro atoms. The number of rotatable bonds is 22. The number of aliphatic hydroxyl groups is 1. The van der Waals surface area contributed by atoms with Crippen LogP contribution in [0, 0.1) is 0 Å². The summed E-state index contributed by atoms with van der Waals surface area (Å²) in [4.78, 5) is 15.4. The van der Waals surface area contributed by atoms with Crippen molar-refractivity contribution in [2.45, 2.75) is 129 Å². The summed E-state index contributed by atoms with van der Waals surface area (Å²) in [6.07, 6.45) is 15.5. The van der Waals surface area contributed by atoms with Gasteiger partial charge in [0.1, 0.15) is 0 Å². The van der Waals surface area contributed by atoms with Crippen molar-refractivity contribution in [3.8, 4) is 0 Å². The van der Waals surface area contributed by atoms with Gasteiger partial charge < -0.3 is 30.1 Å². The predicted molar refractivity (Wildman–Crippen MR) is 200 cm³/mol. The molecule has 0 bridgehead atoms. The molecule has 0 aromatic heterocycles. The van der Waals surface area contributed by atoms with E-state index in [1.807, 2.05) is 66.7 Å². The van der Waals surface area contributed by atoms with Gasteiger partial charge in [0, 0.05) is 30.8 Å². The Balaban J connectivity index is 1.44. The number of urea groups is 1. The highest BCUT2D eigenvalue weighted by molar-refractivity contribution is 5.89. The number of amides is 2. The number of carbonyl (C=O) groups excluding carboxylic acids is 1. The fourth-order valence-electron chi connectivity index (χ4n) is 6.56. The maximum atomic E-state index is 12.7. The van der Waals surface area contributed by atoms with Crippen molar-refractivity contribution >= 4 is 11.7 Å². The lowest BCUT2D eigenvalue weighted by Crippen LogP contribution is -2.40. The minimum absolute atomic E-state index is 0.00719. The van der Waals surface area contributed by atoms with Gasteiger partial charge in [-0.3, -0.25) is 0 Å². The van der Waals surface area contributed by atoms with Gasteiger partial charge in [-0.1, -0.05) is 145 Å². The van der Waals surface area contributed by atoms with E-state index < -0.39 is 6.29 Å². The first kappa shape index (κ1) is 38.6. The van der Waals surface area contributed by atoms with Crippen LogP contribution in [0.5, 0.6) is 0 Å². The molecular weight excluding hydrogens is 610 g/mol. The van der Waals surface area contributed by atoms with Crippen LogP contribution in [-0.2, 0) is 22.6 Å². The van der Waals surface area contributed by atoms with Crippen LogP contribution in [0.4, 0.5) is 10.5 Å². The molecule has 0 saturated carbocycles. The summed E-state index contributed by atoms with van der Waals surface area (Å²) >= 11 is 0. The number of unbranched alkanes of at least 4 members (excludes halogenated alkanes) is 10. The van der Waals surface area contributed by atoms with Crippen LogP contribution in [0.25, 0.3) is 0 Å². The third-order valence-electron chi connectivity index (χ3n) is 9.45. The number of ether oxygens (including phenoxy) is 2. The number of aliphatic hydroxyl groups excluding tert-OH is 1. The molecule has 1 heterocycles. The quantitative estimate of drug-likeness (QED) is 0.0927. The normalized spacial score (nSPS) is 17.7. The summed E-state index contributed by atoms with van der Waals surface area (Å²) in [5.74, 6) is 0. The SMILES string of the molecule is CCCCCCCCN(CCCCCCCC)C[C@H]1C[C@@H](c2ccc(CO)cc2)O[C@@H](c2cccc(NC(=O)NCc3ccccc3)c2)O1. The van der Waals surface area contributed by atoms with E-state index in [-0.39, 0.29) is 24.8 Å². The molecule has 7 nitrogen and oxygen atoms in total. The van der Waals surface area contributed by atoms with Gasteiger partial charge in [-0.25, -0.2) is 4.79 Å². The molecule has 2 amide bonds. The van der Waals surface area contributed by atoms with Crippen LogP contribution in [-0.4, -0.2) is 41.8 Å². The third kappa shape index (κ3) is 14.3. The first-order valence-electron chi connectivity index (χ1n) is 19.0. The second-order valence-electron chi connectivity index (χ2n) is 13.6. The second kappa shape index (κ2) is 22.5. The topological polar surface area (TPSA) is 83.1 Å². The van der Waals surface area contributed by atoms with Crippen molar-refractivity contribution in [2.24, 2.45) is 0 Å². The van der Waals surface area contributed by atoms with Crippen LogP contribution in [0.2, 0.25) is 0 Å². The molecule has 1 saturated heterocycles. The number of benzene rings is 3. The van der Waals surface area contributed by atoms with Crippen LogP contribution in [0.15, 0.2) is 78.9 Å². The number of nitrogens with zero attached hydrogens (tertiary/aromatic N) is 1. The van der Waals surface area contributed by atoms with E-state index in [4.69, 9.17) is 9.47 Å². The van der Waals surface area contributed by atoms with Gasteiger partial charge in [0.15, 0.2) is 6.29 Å². The van der Waals surface area contributed by atoms with Gasteiger partial charge in [0.05, 0.1) is 18.8 Å². The largest absolute Gasteiger partial charge is 0.392 e. The van der Waals surface area contributed by atoms with E-state index in [0.29, 0.717) is 12.2 Å². The lowest BCUT2D eigenvalue weighted by atomic mass is 9.99. The fourth-order valence-corrected chi connectivity index (χ4v) is 6.56. The van der Waals surface area contributed by atoms with Crippen molar-refractivity contribution < 1.29 is 19.4 Å². The van der Waals surface area contributed by atoms with E-state index >= 15 is 0 Å². The Labute approximate surface area is 295 Å². The Morgan fingerprint density at radius 2 is 1.39 bits per heavy atom. The zero-order chi connectivity index (χ0) is 34.5. The van der Waals surface area contributed by atoms with Crippen molar-refractivity contribution in [1.29, 1.82) is 0 Å². The summed E-state index contributed by atoms with van der Waals surface area (Å²) in [5.41, 5.74) is 4.58. The molecule has 1 aliphatic heterocycles. The van der Waals surface area contributed by atoms with Crippen LogP contribution in [0.1, 0.15) is 132 Å². The summed E-state index contributed by atoms with van der Waals surface area (Å²) in [6.45, 7) is 8.08. The summed E-state index contributed by atoms with van der Waals surface area (Å²) < 4.78 is 13.4. The maximum Gasteiger partial charge on any atom is 0.319 e. The van der Waals surface area contributed by atoms with Gasteiger partial charge in [0.2, 0.25) is 0 Å². The Bertz CT molecular complexity index is 1300. The van der Waals surface area contributed by atoms with E-state index in [9.17, 15) is 9.90 Å². The Hall–Kier alpha value is -3.23. The van der Waals surface area contributed by atoms with E-state index in [1.54, 1.807) is 0 Å². The van der Waals surface area contributed by atoms with Gasteiger partial charge >= 0.3 is 6.03 Å². The minimum atomic E-state index is -0.569. The van der Waals surface area contributed by atoms with Crippen LogP contribution in [0.3, 0.4) is 0 Å². The number of anilines is 1. The van der Waals surface area contributed by atoms with Crippen molar-refractivity contribution in [1.82, 2.24) is 10.2 Å². The lowest BCUT2D eigenvalue weighted by molar-refractivity contribution is -0.253. The highest BCUT2D eigenvalue weighted by atomic mass is 16.7. The smallest absolute Gasteiger partial charge is 0.319 e. The zero-order valence-corrected chi connectivity index (χ0v) is 30.1. The Kier molecular flexibility index (Phi) is 17.7. The zero-order valence-electron chi connectivity index (χ0n) is 30.1. The van der Waals surface area contributed by atoms with Crippen molar-refractivity contribution in [3.05, 3.63) is 101 Å². The average molecular weight is 672 g/mol. The number of hydrogen-bond acceptors (Lipinski definition) is 5. The summed E-state index contributed by atoms with van der Waals surface area (Å²) in [6, 6.07) is 25.5. The van der Waals surface area contributed by atoms with Crippen molar-refractivity contribution in [2.75, 3.05) is 25.0 Å². The molecule has 4 rings (SSSR count). The highest BCUT2D eigenvalue weighted by Gasteiger charge is 2.33. The molecule has 3 aromatic rings. The third-order valence-corrected chi connectivity index (χ3v) is 9.45. The molecule has 0 radical (unpaired) electrons. The first-order valence-corrected chi connectivity index (χ1v) is 19.0. The first-order chi connectivity index (χ1) is 24.1. The molecule has 0 unspecified atom stereocenters. The van der Waals surface area contributed by atoms with E-state index in [1.165, 1.54) is 77.0 Å². The Morgan fingerprint density at radius 1 is 0.735 bits per heavy atom. The molecule has 268 valence electrons. The average Bonchev–Trinajstić information content (AvgIpc) is 3.14. The molecule has 1 aliphatic rings. The van der Waals surface area contributed by atoms with Gasteiger partial charge in [-0.05, 0) is 54.8 Å². The molecule has 3 N–H and O–H groups in total. The van der Waals surface area contributed by atoms with Gasteiger partial charge in [-0.15, -0.1) is 0 Å². The fraction of sp³-hybridized carbons (Fsp3) is 0.548. The summed E-state index contributed by atoms with van der Waals surface area (Å²) in [7, 11) is 0. The molecule has 1 fully saturated rings. The van der Waals surface area contributed by atoms with E-state index in [2.05, 4.69) is 41.5 Å². The number of carbonyl (C=O) groups is 1. The Morgan fingerprint density at radius 3 is 2.04 bits per heavy atom. The van der Waals surface area contributed by atoms with Crippen LogP contribution < -0.4 is 10.6 Å². The maximum absolute atomic E-state index is 12.7. The molecule has 7 heteroatoms. The number of hydrogen-bond donors (Lipinski definition) is 3. The monoisotopic (exact) mass is 671 g/mol. The van der Waals surface area contributed by atoms with Crippen molar-refractivity contribution in [3.63, 3.8) is 0 Å². The lowest BCUT2D eigenvalue weighted by Gasteiger charge is -2.38. The van der Waals surface area contributed by atoms with Gasteiger partial charge in [-0.2, -0.15) is 0 Å². The van der Waals surface area contributed by atoms with Crippen LogP contribution >= 0.6 is 0 Å². The predicted octanol–water partition coefficient (Wildman–Crippen LogP) is 10.1. The van der Waals surface area contributed by atoms with E-state index in [0.717, 1.165) is 48.3 Å². The number of nitrogens with one attached hydrogen (secondary N) is 2. The molecule has 3 aromatic carbocycles. The molecule has 3 atom stereocenters. The molecule has 0 aliphatic carbocycles. The van der Waals surface area contributed by atoms with Gasteiger partial charge in [0.25, 0.3) is 0 Å². The second-order valence-corrected chi connectivity index (χ2v) is 13.6. The standard InChI is InChI=1S/C42H61N3O4/c1-3-5-7-9-11-16-27-45(28-17-12-10-8-6-4-2)32-39-30-40(36-25-23-35(33-46)24-26-36)49-41(48-39)37-21-18-22-38(29-37)44-42(47)43-31-34-19-14-13-15-20-34/h13-15,18-26,29,39-41,46H,3-12,16-17,27-28,30-33H2,1-2H3,(H2,43,44,47)/t39-,40+,41+/m1/s1. The minimum Gasteiger partial charge on any atom is -0.392 e. The highest BCUT2D eigenvalue weighted by Crippen LogP contribution is 2.38. The summed E-state index contributed by atoms with van der Waals surface area (Å²) in [5, 5.41) is 15.5. The molecule has 49 heavy (non-hydrogen) atoms. The molecular formula is C42H61N3O4.